The third-order valence-corrected chi connectivity index (χ3v) is 5.07. The van der Waals surface area contributed by atoms with Gasteiger partial charge < -0.3 is 15.1 Å². The Morgan fingerprint density at radius 2 is 1.83 bits per heavy atom. The molecule has 6 nitrogen and oxygen atoms in total. The van der Waals surface area contributed by atoms with Gasteiger partial charge in [-0.05, 0) is 31.3 Å². The lowest BCUT2D eigenvalue weighted by Gasteiger charge is -2.43. The molecule has 0 aromatic heterocycles. The van der Waals surface area contributed by atoms with Crippen LogP contribution in [0.1, 0.15) is 32.1 Å². The van der Waals surface area contributed by atoms with Crippen molar-refractivity contribution in [3.05, 3.63) is 11.4 Å². The molecule has 3 aliphatic rings. The number of rotatable bonds is 3. The second kappa shape index (κ2) is 6.29. The van der Waals surface area contributed by atoms with Crippen molar-refractivity contribution in [2.24, 2.45) is 5.92 Å². The number of likely N-dealkylation sites (tertiary alicyclic amines) is 2. The largest absolute Gasteiger partial charge is 0.359 e. The second-order valence-corrected chi connectivity index (χ2v) is 6.55. The lowest BCUT2D eigenvalue weighted by Crippen LogP contribution is -2.61. The normalized spacial score (nSPS) is 24.9. The van der Waals surface area contributed by atoms with Gasteiger partial charge in [-0.2, -0.15) is 0 Å². The van der Waals surface area contributed by atoms with Crippen molar-refractivity contribution >= 4 is 17.7 Å². The van der Waals surface area contributed by atoms with Crippen molar-refractivity contribution < 1.29 is 18.8 Å². The fraction of sp³-hybridized carbons (Fsp3) is 0.688. The van der Waals surface area contributed by atoms with Crippen LogP contribution in [0.15, 0.2) is 11.4 Å². The van der Waals surface area contributed by atoms with E-state index in [1.54, 1.807) is 11.9 Å². The molecule has 2 heterocycles. The van der Waals surface area contributed by atoms with E-state index in [0.29, 0.717) is 38.0 Å². The van der Waals surface area contributed by atoms with E-state index in [9.17, 15) is 18.8 Å². The fourth-order valence-corrected chi connectivity index (χ4v) is 3.59. The van der Waals surface area contributed by atoms with E-state index in [1.165, 1.54) is 4.90 Å². The monoisotopic (exact) mass is 323 g/mol. The predicted octanol–water partition coefficient (Wildman–Crippen LogP) is 0.589. The number of halogens is 1. The Balaban J connectivity index is 1.55. The Kier molecular flexibility index (Phi) is 4.37. The molecule has 0 bridgehead atoms. The molecule has 0 aromatic carbocycles. The highest BCUT2D eigenvalue weighted by Gasteiger charge is 2.44. The lowest BCUT2D eigenvalue weighted by atomic mass is 10.1. The number of carbonyl (C=O) groups is 3. The van der Waals surface area contributed by atoms with Crippen LogP contribution in [-0.2, 0) is 14.4 Å². The van der Waals surface area contributed by atoms with Gasteiger partial charge in [0.05, 0.1) is 12.0 Å². The summed E-state index contributed by atoms with van der Waals surface area (Å²) in [7, 11) is 1.55. The highest BCUT2D eigenvalue weighted by atomic mass is 19.1. The first kappa shape index (κ1) is 16.0. The van der Waals surface area contributed by atoms with Crippen LogP contribution in [0, 0.1) is 5.92 Å². The first-order chi connectivity index (χ1) is 11.0. The van der Waals surface area contributed by atoms with Gasteiger partial charge in [0.1, 0.15) is 0 Å². The van der Waals surface area contributed by atoms with Crippen LogP contribution < -0.4 is 5.32 Å². The Bertz CT molecular complexity index is 561. The Morgan fingerprint density at radius 1 is 1.17 bits per heavy atom. The lowest BCUT2D eigenvalue weighted by molar-refractivity contribution is -0.142. The van der Waals surface area contributed by atoms with E-state index in [2.05, 4.69) is 5.32 Å². The van der Waals surface area contributed by atoms with Gasteiger partial charge in [0, 0.05) is 33.1 Å². The summed E-state index contributed by atoms with van der Waals surface area (Å²) in [4.78, 5) is 38.9. The van der Waals surface area contributed by atoms with Gasteiger partial charge in [-0.3, -0.25) is 14.4 Å². The molecule has 3 fully saturated rings. The van der Waals surface area contributed by atoms with Gasteiger partial charge in [0.2, 0.25) is 11.8 Å². The molecule has 3 rings (SSSR count). The highest BCUT2D eigenvalue weighted by molar-refractivity contribution is 5.93. The number of carbonyl (C=O) groups excluding carboxylic acids is 3. The molecule has 2 saturated heterocycles. The van der Waals surface area contributed by atoms with Crippen LogP contribution in [0.25, 0.3) is 0 Å². The average molecular weight is 323 g/mol. The third-order valence-electron chi connectivity index (χ3n) is 5.07. The van der Waals surface area contributed by atoms with Crippen LogP contribution in [0.3, 0.4) is 0 Å². The molecule has 1 saturated carbocycles. The summed E-state index contributed by atoms with van der Waals surface area (Å²) in [5.74, 6) is -1.67. The van der Waals surface area contributed by atoms with E-state index in [4.69, 9.17) is 0 Å². The molecule has 23 heavy (non-hydrogen) atoms. The molecule has 7 heteroatoms. The quantitative estimate of drug-likeness (QED) is 0.773. The van der Waals surface area contributed by atoms with E-state index < -0.39 is 11.7 Å². The fourth-order valence-electron chi connectivity index (χ4n) is 3.59. The highest BCUT2D eigenvalue weighted by Crippen LogP contribution is 2.30. The number of nitrogens with one attached hydrogen (secondary N) is 1. The minimum absolute atomic E-state index is 0.0645. The predicted molar refractivity (Wildman–Crippen MR) is 80.9 cm³/mol. The standard InChI is InChI=1S/C16H22FN3O3/c1-18-15(22)11-6-13(21)20(7-11)12-8-19(9-12)16(23)14(17)10-4-2-3-5-10/h11-12H,2-9H2,1H3,(H,18,22). The minimum atomic E-state index is -0.600. The minimum Gasteiger partial charge on any atom is -0.359 e. The maximum Gasteiger partial charge on any atom is 0.282 e. The van der Waals surface area contributed by atoms with E-state index in [1.807, 2.05) is 0 Å². The summed E-state index contributed by atoms with van der Waals surface area (Å²) in [6.45, 7) is 1.09. The van der Waals surface area contributed by atoms with Crippen LogP contribution >= 0.6 is 0 Å². The van der Waals surface area contributed by atoms with Gasteiger partial charge in [-0.25, -0.2) is 4.39 Å². The molecular formula is C16H22FN3O3. The molecule has 0 radical (unpaired) electrons. The van der Waals surface area contributed by atoms with Gasteiger partial charge in [0.25, 0.3) is 5.91 Å². The molecule has 2 aliphatic heterocycles. The van der Waals surface area contributed by atoms with Crippen LogP contribution in [0.4, 0.5) is 4.39 Å². The zero-order valence-corrected chi connectivity index (χ0v) is 13.3. The van der Waals surface area contributed by atoms with Crippen LogP contribution in [0.2, 0.25) is 0 Å². The Morgan fingerprint density at radius 3 is 2.43 bits per heavy atom. The molecule has 3 amide bonds. The van der Waals surface area contributed by atoms with Gasteiger partial charge >= 0.3 is 0 Å². The second-order valence-electron chi connectivity index (χ2n) is 6.55. The van der Waals surface area contributed by atoms with E-state index >= 15 is 0 Å². The number of amides is 3. The summed E-state index contributed by atoms with van der Waals surface area (Å²) in [5.41, 5.74) is 0.635. The summed E-state index contributed by atoms with van der Waals surface area (Å²) in [6, 6.07) is -0.0949. The first-order valence-corrected chi connectivity index (χ1v) is 8.19. The number of hydrogen-bond acceptors (Lipinski definition) is 3. The van der Waals surface area contributed by atoms with E-state index in [0.717, 1.165) is 12.8 Å². The zero-order valence-electron chi connectivity index (χ0n) is 13.3. The summed E-state index contributed by atoms with van der Waals surface area (Å²) >= 11 is 0. The third kappa shape index (κ3) is 2.96. The summed E-state index contributed by atoms with van der Waals surface area (Å²) in [5, 5.41) is 2.56. The topological polar surface area (TPSA) is 69.7 Å². The van der Waals surface area contributed by atoms with Crippen molar-refractivity contribution in [2.75, 3.05) is 26.7 Å². The molecule has 1 atom stereocenters. The first-order valence-electron chi connectivity index (χ1n) is 8.19. The maximum atomic E-state index is 14.1. The van der Waals surface area contributed by atoms with Gasteiger partial charge in [0.15, 0.2) is 5.83 Å². The molecule has 0 spiro atoms. The zero-order chi connectivity index (χ0) is 16.6. The van der Waals surface area contributed by atoms with Crippen molar-refractivity contribution in [2.45, 2.75) is 38.1 Å². The van der Waals surface area contributed by atoms with Crippen LogP contribution in [-0.4, -0.2) is 60.2 Å². The maximum absolute atomic E-state index is 14.1. The van der Waals surface area contributed by atoms with Gasteiger partial charge in [-0.15, -0.1) is 0 Å². The average Bonchev–Trinajstić information content (AvgIpc) is 3.14. The van der Waals surface area contributed by atoms with Crippen molar-refractivity contribution in [3.8, 4) is 0 Å². The van der Waals surface area contributed by atoms with Crippen molar-refractivity contribution in [3.63, 3.8) is 0 Å². The SMILES string of the molecule is CNC(=O)C1CC(=O)N(C2CN(C(=O)C(F)=C3CCCC3)C2)C1. The Labute approximate surface area is 134 Å². The van der Waals surface area contributed by atoms with Crippen LogP contribution in [0.5, 0.6) is 0 Å². The number of hydrogen-bond donors (Lipinski definition) is 1. The number of allylic oxidation sites excluding steroid dienone is 1. The number of nitrogens with zero attached hydrogens (tertiary/aromatic N) is 2. The molecule has 1 N–H and O–H groups in total. The van der Waals surface area contributed by atoms with Gasteiger partial charge in [-0.1, -0.05) is 0 Å². The van der Waals surface area contributed by atoms with Crippen molar-refractivity contribution in [1.82, 2.24) is 15.1 Å². The molecule has 0 aromatic rings. The van der Waals surface area contributed by atoms with E-state index in [-0.39, 0.29) is 30.2 Å². The molecule has 126 valence electrons. The smallest absolute Gasteiger partial charge is 0.282 e. The Hall–Kier alpha value is -1.92. The molecule has 1 unspecified atom stereocenters. The molecular weight excluding hydrogens is 301 g/mol. The van der Waals surface area contributed by atoms with Crippen molar-refractivity contribution in [1.29, 1.82) is 0 Å². The summed E-state index contributed by atoms with van der Waals surface area (Å²) in [6.07, 6.45) is 3.45. The summed E-state index contributed by atoms with van der Waals surface area (Å²) < 4.78 is 14.1. The molecule has 1 aliphatic carbocycles.